The lowest BCUT2D eigenvalue weighted by Gasteiger charge is -2.21. The molecular weight excluding hydrogens is 355 g/mol. The first-order valence-corrected chi connectivity index (χ1v) is 7.44. The molecule has 1 amide bonds. The first kappa shape index (κ1) is 18.2. The molecule has 0 fully saturated rings. The minimum atomic E-state index is -0.579. The number of hydrogen-bond acceptors (Lipinski definition) is 4. The second-order valence-electron chi connectivity index (χ2n) is 5.69. The van der Waals surface area contributed by atoms with Crippen LogP contribution in [0.5, 0.6) is 5.75 Å². The molecule has 7 heteroatoms. The smallest absolute Gasteiger partial charge is 0.407 e. The summed E-state index contributed by atoms with van der Waals surface area (Å²) in [5, 5.41) is 11.6. The molecule has 0 bridgehead atoms. The fourth-order valence-corrected chi connectivity index (χ4v) is 1.84. The molecule has 0 aliphatic carbocycles. The minimum Gasteiger partial charge on any atom is -0.487 e. The molecule has 0 aromatic heterocycles. The van der Waals surface area contributed by atoms with E-state index in [9.17, 15) is 9.18 Å². The van der Waals surface area contributed by atoms with Gasteiger partial charge in [-0.15, -0.1) is 0 Å². The van der Waals surface area contributed by atoms with Gasteiger partial charge in [0.15, 0.2) is 0 Å². The summed E-state index contributed by atoms with van der Waals surface area (Å²) in [5.41, 5.74) is -0.492. The normalized spacial score (nSPS) is 12.2. The monoisotopic (exact) mass is 372 g/mol. The van der Waals surface area contributed by atoms with Gasteiger partial charge in [-0.3, -0.25) is 0 Å². The summed E-state index contributed by atoms with van der Waals surface area (Å²) in [6.07, 6.45) is -0.972. The van der Waals surface area contributed by atoms with E-state index in [1.807, 2.05) is 6.07 Å². The first-order valence-electron chi connectivity index (χ1n) is 6.65. The maximum Gasteiger partial charge on any atom is 0.407 e. The molecule has 0 aliphatic heterocycles. The average Bonchev–Trinajstić information content (AvgIpc) is 2.38. The Morgan fingerprint density at radius 3 is 2.68 bits per heavy atom. The van der Waals surface area contributed by atoms with Crippen LogP contribution in [-0.2, 0) is 4.74 Å². The molecule has 1 aromatic carbocycles. The van der Waals surface area contributed by atoms with E-state index in [0.29, 0.717) is 0 Å². The fourth-order valence-electron chi connectivity index (χ4n) is 1.51. The maximum atomic E-state index is 13.4. The molecule has 0 spiro atoms. The standard InChI is InChI=1S/C15H18BrFN2O3/c1-9(8-19-14(20)22-15(2,3)4)21-13-6-11(16)12(17)5-10(13)7-18/h5-6,9H,8H2,1-4H3,(H,19,20). The number of nitrogens with zero attached hydrogens (tertiary/aromatic N) is 1. The Morgan fingerprint density at radius 2 is 2.14 bits per heavy atom. The van der Waals surface area contributed by atoms with Crippen LogP contribution in [0.2, 0.25) is 0 Å². The first-order chi connectivity index (χ1) is 10.1. The Hall–Kier alpha value is -1.81. The Balaban J connectivity index is 2.63. The fraction of sp³-hybridized carbons (Fsp3) is 0.467. The zero-order chi connectivity index (χ0) is 16.9. The van der Waals surface area contributed by atoms with Crippen LogP contribution < -0.4 is 10.1 Å². The van der Waals surface area contributed by atoms with Crippen LogP contribution in [0.15, 0.2) is 16.6 Å². The summed E-state index contributed by atoms with van der Waals surface area (Å²) in [4.78, 5) is 11.5. The SMILES string of the molecule is CC(CNC(=O)OC(C)(C)C)Oc1cc(Br)c(F)cc1C#N. The number of alkyl carbamates (subject to hydrolysis) is 1. The Kier molecular flexibility index (Phi) is 6.18. The van der Waals surface area contributed by atoms with Crippen LogP contribution in [0.25, 0.3) is 0 Å². The number of ether oxygens (including phenoxy) is 2. The van der Waals surface area contributed by atoms with Gasteiger partial charge in [0.1, 0.15) is 29.3 Å². The molecule has 0 heterocycles. The molecule has 5 nitrogen and oxygen atoms in total. The maximum absolute atomic E-state index is 13.4. The van der Waals surface area contributed by atoms with Crippen LogP contribution in [0.1, 0.15) is 33.3 Å². The van der Waals surface area contributed by atoms with Gasteiger partial charge in [0, 0.05) is 0 Å². The lowest BCUT2D eigenvalue weighted by Crippen LogP contribution is -2.37. The molecule has 1 atom stereocenters. The lowest BCUT2D eigenvalue weighted by molar-refractivity contribution is 0.0505. The van der Waals surface area contributed by atoms with Crippen molar-refractivity contribution in [3.05, 3.63) is 28.0 Å². The average molecular weight is 373 g/mol. The predicted octanol–water partition coefficient (Wildman–Crippen LogP) is 3.75. The van der Waals surface area contributed by atoms with Crippen LogP contribution >= 0.6 is 15.9 Å². The summed E-state index contributed by atoms with van der Waals surface area (Å²) < 4.78 is 24.2. The molecule has 0 saturated heterocycles. The van der Waals surface area contributed by atoms with Gasteiger partial charge in [-0.25, -0.2) is 9.18 Å². The van der Waals surface area contributed by atoms with Crippen LogP contribution in [0, 0.1) is 17.1 Å². The molecule has 0 saturated carbocycles. The summed E-state index contributed by atoms with van der Waals surface area (Å²) in [7, 11) is 0. The van der Waals surface area contributed by atoms with Crippen molar-refractivity contribution in [1.29, 1.82) is 5.26 Å². The van der Waals surface area contributed by atoms with Gasteiger partial charge in [0.25, 0.3) is 0 Å². The van der Waals surface area contributed by atoms with Crippen molar-refractivity contribution in [1.82, 2.24) is 5.32 Å². The van der Waals surface area contributed by atoms with Crippen molar-refractivity contribution in [2.24, 2.45) is 0 Å². The quantitative estimate of drug-likeness (QED) is 0.873. The van der Waals surface area contributed by atoms with E-state index in [1.54, 1.807) is 27.7 Å². The van der Waals surface area contributed by atoms with Crippen molar-refractivity contribution in [3.8, 4) is 11.8 Å². The summed E-state index contributed by atoms with van der Waals surface area (Å²) in [5.74, 6) is -0.294. The molecule has 1 aromatic rings. The second kappa shape index (κ2) is 7.45. The van der Waals surface area contributed by atoms with Crippen molar-refractivity contribution in [2.45, 2.75) is 39.4 Å². The van der Waals surface area contributed by atoms with E-state index >= 15 is 0 Å². The largest absolute Gasteiger partial charge is 0.487 e. The molecule has 0 radical (unpaired) electrons. The lowest BCUT2D eigenvalue weighted by atomic mass is 10.2. The van der Waals surface area contributed by atoms with Crippen molar-refractivity contribution in [3.63, 3.8) is 0 Å². The van der Waals surface area contributed by atoms with Gasteiger partial charge in [0.2, 0.25) is 0 Å². The van der Waals surface area contributed by atoms with Crippen molar-refractivity contribution in [2.75, 3.05) is 6.54 Å². The number of amides is 1. The Morgan fingerprint density at radius 1 is 1.50 bits per heavy atom. The number of halogens is 2. The highest BCUT2D eigenvalue weighted by atomic mass is 79.9. The molecule has 22 heavy (non-hydrogen) atoms. The predicted molar refractivity (Wildman–Crippen MR) is 83.1 cm³/mol. The van der Waals surface area contributed by atoms with E-state index in [0.717, 1.165) is 6.07 Å². The Bertz CT molecular complexity index is 594. The van der Waals surface area contributed by atoms with E-state index in [-0.39, 0.29) is 22.3 Å². The topological polar surface area (TPSA) is 71.3 Å². The highest BCUT2D eigenvalue weighted by molar-refractivity contribution is 9.10. The minimum absolute atomic E-state index is 0.0878. The number of carbonyl (C=O) groups is 1. The third-order valence-corrected chi connectivity index (χ3v) is 3.01. The van der Waals surface area contributed by atoms with Crippen LogP contribution in [0.4, 0.5) is 9.18 Å². The van der Waals surface area contributed by atoms with E-state index in [2.05, 4.69) is 21.2 Å². The van der Waals surface area contributed by atoms with Gasteiger partial charge < -0.3 is 14.8 Å². The van der Waals surface area contributed by atoms with Crippen LogP contribution in [0.3, 0.4) is 0 Å². The van der Waals surface area contributed by atoms with Gasteiger partial charge in [-0.1, -0.05) is 0 Å². The highest BCUT2D eigenvalue weighted by Crippen LogP contribution is 2.27. The third kappa shape index (κ3) is 5.90. The number of benzene rings is 1. The van der Waals surface area contributed by atoms with Gasteiger partial charge >= 0.3 is 6.09 Å². The van der Waals surface area contributed by atoms with Gasteiger partial charge in [-0.2, -0.15) is 5.26 Å². The van der Waals surface area contributed by atoms with E-state index in [1.165, 1.54) is 6.07 Å². The zero-order valence-corrected chi connectivity index (χ0v) is 14.5. The number of carbonyl (C=O) groups excluding carboxylic acids is 1. The zero-order valence-electron chi connectivity index (χ0n) is 12.9. The molecule has 1 unspecified atom stereocenters. The summed E-state index contributed by atoms with van der Waals surface area (Å²) in [6.45, 7) is 7.20. The molecular formula is C15H18BrFN2O3. The molecule has 1 N–H and O–H groups in total. The highest BCUT2D eigenvalue weighted by Gasteiger charge is 2.17. The third-order valence-electron chi connectivity index (χ3n) is 2.40. The number of hydrogen-bond donors (Lipinski definition) is 1. The molecule has 0 aliphatic rings. The number of nitriles is 1. The Labute approximate surface area is 137 Å². The summed E-state index contributed by atoms with van der Waals surface area (Å²) >= 11 is 3.04. The molecule has 120 valence electrons. The van der Waals surface area contributed by atoms with Crippen LogP contribution in [-0.4, -0.2) is 24.3 Å². The van der Waals surface area contributed by atoms with Crippen molar-refractivity contribution < 1.29 is 18.7 Å². The van der Waals surface area contributed by atoms with Gasteiger partial charge in [0.05, 0.1) is 16.6 Å². The number of nitrogens with one attached hydrogen (secondary N) is 1. The van der Waals surface area contributed by atoms with Gasteiger partial charge in [-0.05, 0) is 55.8 Å². The van der Waals surface area contributed by atoms with E-state index in [4.69, 9.17) is 14.7 Å². The second-order valence-corrected chi connectivity index (χ2v) is 6.54. The molecule has 1 rings (SSSR count). The number of rotatable bonds is 4. The van der Waals surface area contributed by atoms with E-state index < -0.39 is 23.6 Å². The van der Waals surface area contributed by atoms with Crippen molar-refractivity contribution >= 4 is 22.0 Å². The summed E-state index contributed by atoms with van der Waals surface area (Å²) in [6, 6.07) is 4.34.